The Hall–Kier alpha value is -1.65. The highest BCUT2D eigenvalue weighted by atomic mass is 35.5. The molecule has 2 aromatic heterocycles. The van der Waals surface area contributed by atoms with Gasteiger partial charge in [-0.2, -0.15) is 0 Å². The maximum Gasteiger partial charge on any atom is 0.316 e. The zero-order valence-electron chi connectivity index (χ0n) is 29.1. The van der Waals surface area contributed by atoms with Crippen LogP contribution in [0.25, 0.3) is 0 Å². The van der Waals surface area contributed by atoms with Crippen molar-refractivity contribution in [3.8, 4) is 6.01 Å². The van der Waals surface area contributed by atoms with Crippen LogP contribution in [0.4, 0.5) is 5.69 Å². The quantitative estimate of drug-likeness (QED) is 0.0690. The molecule has 2 aromatic rings. The van der Waals surface area contributed by atoms with Gasteiger partial charge in [0.1, 0.15) is 18.1 Å². The Morgan fingerprint density at radius 1 is 0.761 bits per heavy atom. The third-order valence-corrected chi connectivity index (χ3v) is 9.34. The van der Waals surface area contributed by atoms with Crippen LogP contribution in [-0.4, -0.2) is 72.7 Å². The van der Waals surface area contributed by atoms with E-state index < -0.39 is 11.2 Å². The zero-order chi connectivity index (χ0) is 32.2. The summed E-state index contributed by atoms with van der Waals surface area (Å²) in [6.45, 7) is 5.12. The summed E-state index contributed by atoms with van der Waals surface area (Å²) in [5, 5.41) is 0. The maximum absolute atomic E-state index is 12.8. The predicted molar refractivity (Wildman–Crippen MR) is 186 cm³/mol. The van der Waals surface area contributed by atoms with E-state index in [1.807, 2.05) is 26.5 Å². The van der Waals surface area contributed by atoms with E-state index in [4.69, 9.17) is 14.2 Å². The second-order valence-electron chi connectivity index (χ2n) is 12.3. The third-order valence-electron chi connectivity index (χ3n) is 7.97. The molecule has 0 bridgehead atoms. The van der Waals surface area contributed by atoms with Gasteiger partial charge in [0.2, 0.25) is 0 Å². The Kier molecular flexibility index (Phi) is 27.2. The van der Waals surface area contributed by atoms with Gasteiger partial charge in [-0.1, -0.05) is 103 Å². The number of unbranched alkanes of at least 4 members (excludes halogenated alkanes) is 15. The van der Waals surface area contributed by atoms with Crippen molar-refractivity contribution in [1.82, 2.24) is 9.97 Å². The zero-order valence-corrected chi connectivity index (χ0v) is 30.7. The van der Waals surface area contributed by atoms with Crippen molar-refractivity contribution in [3.05, 3.63) is 43.0 Å². The molecule has 0 N–H and O–H groups in total. The highest BCUT2D eigenvalue weighted by Gasteiger charge is 2.20. The number of halogens is 1. The Bertz CT molecular complexity index is 930. The fourth-order valence-corrected chi connectivity index (χ4v) is 6.24. The fourth-order valence-electron chi connectivity index (χ4n) is 5.19. The predicted octanol–water partition coefficient (Wildman–Crippen LogP) is 4.33. The molecule has 0 radical (unpaired) electrons. The van der Waals surface area contributed by atoms with Gasteiger partial charge >= 0.3 is 6.01 Å². The van der Waals surface area contributed by atoms with Gasteiger partial charge in [0, 0.05) is 50.9 Å². The van der Waals surface area contributed by atoms with Crippen LogP contribution in [0.1, 0.15) is 110 Å². The van der Waals surface area contributed by atoms with E-state index in [2.05, 4.69) is 38.5 Å². The maximum atomic E-state index is 12.8. The molecular formula is C36H63ClN4O4S. The third kappa shape index (κ3) is 22.8. The van der Waals surface area contributed by atoms with Gasteiger partial charge in [0.05, 0.1) is 13.2 Å². The molecule has 264 valence electrons. The van der Waals surface area contributed by atoms with Crippen molar-refractivity contribution >= 4 is 16.9 Å². The van der Waals surface area contributed by atoms with Gasteiger partial charge < -0.3 is 36.1 Å². The highest BCUT2D eigenvalue weighted by Crippen LogP contribution is 2.14. The normalized spacial score (nSPS) is 12.4. The molecule has 0 aliphatic carbocycles. The molecule has 0 aliphatic rings. The number of rotatable bonds is 30. The highest BCUT2D eigenvalue weighted by molar-refractivity contribution is 7.91. The van der Waals surface area contributed by atoms with E-state index >= 15 is 0 Å². The van der Waals surface area contributed by atoms with E-state index in [0.717, 1.165) is 18.7 Å². The monoisotopic (exact) mass is 682 g/mol. The topological polar surface area (TPSA) is 83.7 Å². The first-order valence-electron chi connectivity index (χ1n) is 17.7. The lowest BCUT2D eigenvalue weighted by Crippen LogP contribution is -3.00. The van der Waals surface area contributed by atoms with Crippen molar-refractivity contribution in [2.75, 3.05) is 56.9 Å². The molecule has 0 spiro atoms. The molecule has 2 atom stereocenters. The molecular weight excluding hydrogens is 620 g/mol. The first kappa shape index (κ1) is 42.4. The summed E-state index contributed by atoms with van der Waals surface area (Å²) in [7, 11) is 4.05. The second-order valence-corrected chi connectivity index (χ2v) is 13.9. The largest absolute Gasteiger partial charge is 1.00 e. The van der Waals surface area contributed by atoms with E-state index in [-0.39, 0.29) is 18.5 Å². The lowest BCUT2D eigenvalue weighted by molar-refractivity contribution is -0.698. The molecule has 0 aromatic carbocycles. The second kappa shape index (κ2) is 29.5. The molecule has 0 aliphatic heterocycles. The summed E-state index contributed by atoms with van der Waals surface area (Å²) in [6.07, 6.45) is 28.7. The van der Waals surface area contributed by atoms with Crippen molar-refractivity contribution in [2.45, 2.75) is 122 Å². The molecule has 0 saturated heterocycles. The standard InChI is InChI=1S/C36H63N4O4S.ClH/c1-4-5-6-7-8-9-10-11-12-13-14-15-16-17-18-19-28-43-32-35(44-36-37-23-20-24-38-36)33-45(41)31-30-42-29-27-40-25-21-34(22-26-40)39(2)3;/h20-26,35H,4-19,27-33H2,1-3H3;1H/q+1;/p-1. The van der Waals surface area contributed by atoms with Gasteiger partial charge in [0.15, 0.2) is 25.0 Å². The molecule has 0 fully saturated rings. The van der Waals surface area contributed by atoms with Crippen molar-refractivity contribution < 1.29 is 35.7 Å². The number of pyridine rings is 1. The number of nitrogens with zero attached hydrogens (tertiary/aromatic N) is 4. The lowest BCUT2D eigenvalue weighted by atomic mass is 10.0. The van der Waals surface area contributed by atoms with E-state index in [1.54, 1.807) is 18.5 Å². The summed E-state index contributed by atoms with van der Waals surface area (Å²) in [6, 6.07) is 6.20. The van der Waals surface area contributed by atoms with Crippen LogP contribution in [0.15, 0.2) is 43.0 Å². The summed E-state index contributed by atoms with van der Waals surface area (Å²) in [4.78, 5) is 10.4. The SMILES string of the molecule is CCCCCCCCCCCCCCCCCCOCC(C[S+]([O-])CCOCC[n+]1ccc(N(C)C)cc1)Oc1ncccn1.[Cl-]. The minimum atomic E-state index is -1.10. The summed E-state index contributed by atoms with van der Waals surface area (Å²) in [5.41, 5.74) is 1.16. The molecule has 2 rings (SSSR count). The number of ether oxygens (including phenoxy) is 3. The lowest BCUT2D eigenvalue weighted by Gasteiger charge is -2.20. The Morgan fingerprint density at radius 2 is 1.30 bits per heavy atom. The Morgan fingerprint density at radius 3 is 1.85 bits per heavy atom. The summed E-state index contributed by atoms with van der Waals surface area (Å²) in [5.74, 6) is 0.820. The molecule has 46 heavy (non-hydrogen) atoms. The van der Waals surface area contributed by atoms with Gasteiger partial charge in [-0.25, -0.2) is 14.5 Å². The molecule has 0 amide bonds. The van der Waals surface area contributed by atoms with Crippen LogP contribution >= 0.6 is 0 Å². The molecule has 0 saturated carbocycles. The first-order valence-corrected chi connectivity index (χ1v) is 19.2. The molecule has 10 heteroatoms. The van der Waals surface area contributed by atoms with E-state index in [0.29, 0.717) is 43.9 Å². The van der Waals surface area contributed by atoms with Gasteiger partial charge in [-0.05, 0) is 23.7 Å². The van der Waals surface area contributed by atoms with Crippen molar-refractivity contribution in [3.63, 3.8) is 0 Å². The Labute approximate surface area is 290 Å². The number of aromatic nitrogens is 3. The van der Waals surface area contributed by atoms with Gasteiger partial charge in [-0.15, -0.1) is 0 Å². The van der Waals surface area contributed by atoms with Crippen LogP contribution in [-0.2, 0) is 27.2 Å². The van der Waals surface area contributed by atoms with Crippen molar-refractivity contribution in [1.29, 1.82) is 0 Å². The first-order chi connectivity index (χ1) is 22.1. The minimum absolute atomic E-state index is 0. The van der Waals surface area contributed by atoms with Crippen LogP contribution in [0, 0.1) is 0 Å². The summed E-state index contributed by atoms with van der Waals surface area (Å²) >= 11 is -1.10. The van der Waals surface area contributed by atoms with Crippen LogP contribution in [0.3, 0.4) is 0 Å². The number of hydrogen-bond acceptors (Lipinski definition) is 7. The average molecular weight is 683 g/mol. The van der Waals surface area contributed by atoms with Gasteiger partial charge in [0.25, 0.3) is 0 Å². The molecule has 8 nitrogen and oxygen atoms in total. The molecule has 2 heterocycles. The fraction of sp³-hybridized carbons (Fsp3) is 0.750. The van der Waals surface area contributed by atoms with Crippen LogP contribution in [0.5, 0.6) is 6.01 Å². The minimum Gasteiger partial charge on any atom is -1.00 e. The smallest absolute Gasteiger partial charge is 0.316 e. The van der Waals surface area contributed by atoms with Crippen LogP contribution in [0.2, 0.25) is 0 Å². The Balaban J connectivity index is 0.0000106. The number of hydrogen-bond donors (Lipinski definition) is 0. The van der Waals surface area contributed by atoms with Crippen molar-refractivity contribution in [2.24, 2.45) is 0 Å². The van der Waals surface area contributed by atoms with E-state index in [9.17, 15) is 4.55 Å². The van der Waals surface area contributed by atoms with Crippen LogP contribution < -0.4 is 26.6 Å². The average Bonchev–Trinajstić information content (AvgIpc) is 3.04. The van der Waals surface area contributed by atoms with Gasteiger partial charge in [-0.3, -0.25) is 0 Å². The molecule has 2 unspecified atom stereocenters. The van der Waals surface area contributed by atoms with E-state index in [1.165, 1.54) is 96.3 Å². The number of anilines is 1. The summed E-state index contributed by atoms with van der Waals surface area (Å²) < 4.78 is 32.6.